The highest BCUT2D eigenvalue weighted by molar-refractivity contribution is 8.14. The van der Waals surface area contributed by atoms with Crippen molar-refractivity contribution in [1.29, 1.82) is 0 Å². The van der Waals surface area contributed by atoms with E-state index in [9.17, 15) is 0 Å². The first-order valence-corrected chi connectivity index (χ1v) is 14.6. The van der Waals surface area contributed by atoms with Gasteiger partial charge in [0, 0.05) is 0 Å². The Bertz CT molecular complexity index is 346. The molecule has 0 aromatic rings. The Hall–Kier alpha value is 1.10. The summed E-state index contributed by atoms with van der Waals surface area (Å²) in [6.45, 7) is 4.44. The second-order valence-corrected chi connectivity index (χ2v) is 11.9. The van der Waals surface area contributed by atoms with Crippen molar-refractivity contribution in [2.24, 2.45) is 0 Å². The van der Waals surface area contributed by atoms with Crippen LogP contribution in [0.25, 0.3) is 0 Å². The summed E-state index contributed by atoms with van der Waals surface area (Å²) in [6.07, 6.45) is 7.64. The molecule has 0 saturated heterocycles. The van der Waals surface area contributed by atoms with E-state index in [1.165, 1.54) is 0 Å². The van der Waals surface area contributed by atoms with Crippen LogP contribution >= 0.6 is 13.4 Å². The van der Waals surface area contributed by atoms with Gasteiger partial charge in [0.15, 0.2) is 0 Å². The molecule has 0 bridgehead atoms. The lowest BCUT2D eigenvalue weighted by Crippen LogP contribution is -2.06. The zero-order chi connectivity index (χ0) is 19.0. The first-order valence-electron chi connectivity index (χ1n) is 9.44. The molecule has 152 valence electrons. The first kappa shape index (κ1) is 26.1. The Morgan fingerprint density at radius 1 is 0.520 bits per heavy atom. The maximum Gasteiger partial charge on any atom is 0.334 e. The molecular weight excluding hydrogens is 398 g/mol. The fourth-order valence-electron chi connectivity index (χ4n) is 1.57. The number of rotatable bonds is 18. The van der Waals surface area contributed by atoms with Crippen LogP contribution < -0.4 is 0 Å². The summed E-state index contributed by atoms with van der Waals surface area (Å²) in [5.74, 6) is 0. The molecule has 0 saturated carbocycles. The Balaban J connectivity index is 4.97. The Morgan fingerprint density at radius 2 is 0.760 bits per heavy atom. The quantitative estimate of drug-likeness (QED) is 0.175. The van der Waals surface area contributed by atoms with Gasteiger partial charge in [-0.3, -0.25) is 0 Å². The minimum Gasteiger partial charge on any atom is -0.308 e. The molecule has 0 radical (unpaired) electrons. The highest BCUT2D eigenvalue weighted by Gasteiger charge is 2.33. The van der Waals surface area contributed by atoms with Crippen LogP contribution in [0.5, 0.6) is 0 Å². The third kappa shape index (κ3) is 13.8. The van der Waals surface area contributed by atoms with Crippen LogP contribution in [-0.2, 0) is 46.0 Å². The van der Waals surface area contributed by atoms with Crippen molar-refractivity contribution in [3.63, 3.8) is 0 Å². The molecule has 9 heteroatoms. The normalized spacial score (nSPS) is 12.6. The van der Waals surface area contributed by atoms with Crippen molar-refractivity contribution < 1.29 is 22.4 Å². The Kier molecular flexibility index (Phi) is 16.8. The molecule has 5 nitrogen and oxygen atoms in total. The number of hydrogen-bond donors (Lipinski definition) is 0. The van der Waals surface area contributed by atoms with Gasteiger partial charge in [-0.1, -0.05) is 53.4 Å². The van der Waals surface area contributed by atoms with E-state index in [2.05, 4.69) is 27.7 Å². The molecule has 0 N–H and O–H groups in total. The van der Waals surface area contributed by atoms with Crippen LogP contribution in [0.3, 0.4) is 0 Å². The van der Waals surface area contributed by atoms with E-state index in [0.717, 1.165) is 51.4 Å². The van der Waals surface area contributed by atoms with Crippen molar-refractivity contribution in [2.45, 2.75) is 79.1 Å². The fraction of sp³-hybridized carbons (Fsp3) is 1.00. The highest BCUT2D eigenvalue weighted by atomic mass is 32.5. The predicted octanol–water partition coefficient (Wildman–Crippen LogP) is 6.72. The summed E-state index contributed by atoms with van der Waals surface area (Å²) in [5.41, 5.74) is 0. The smallest absolute Gasteiger partial charge is 0.308 e. The van der Waals surface area contributed by atoms with Crippen molar-refractivity contribution in [1.82, 2.24) is 0 Å². The van der Waals surface area contributed by atoms with Crippen LogP contribution in [0.4, 0.5) is 0 Å². The number of hydrogen-bond acceptors (Lipinski definition) is 7. The molecule has 0 atom stereocenters. The van der Waals surface area contributed by atoms with Gasteiger partial charge in [0.1, 0.15) is 0 Å². The molecule has 0 aliphatic carbocycles. The second-order valence-electron chi connectivity index (χ2n) is 5.72. The average Bonchev–Trinajstić information content (AvgIpc) is 2.56. The van der Waals surface area contributed by atoms with Gasteiger partial charge < -0.3 is 18.1 Å². The third-order valence-electron chi connectivity index (χ3n) is 3.19. The lowest BCUT2D eigenvalue weighted by Gasteiger charge is -2.28. The molecule has 0 spiro atoms. The zero-order valence-electron chi connectivity index (χ0n) is 16.2. The maximum atomic E-state index is 5.97. The van der Waals surface area contributed by atoms with Crippen molar-refractivity contribution in [2.75, 3.05) is 26.4 Å². The minimum atomic E-state index is -2.97. The maximum absolute atomic E-state index is 5.97. The molecule has 0 heterocycles. The summed E-state index contributed by atoms with van der Waals surface area (Å²) in [6, 6.07) is 0. The molecule has 0 rings (SSSR count). The second kappa shape index (κ2) is 16.1. The monoisotopic (exact) mass is 434 g/mol. The van der Waals surface area contributed by atoms with E-state index < -0.39 is 13.4 Å². The minimum absolute atomic E-state index is 0.499. The molecule has 0 amide bonds. The lowest BCUT2D eigenvalue weighted by atomic mass is 10.4. The summed E-state index contributed by atoms with van der Waals surface area (Å²) in [4.78, 5) is 0. The summed E-state index contributed by atoms with van der Waals surface area (Å²) >= 11 is 11.2. The molecule has 0 aromatic heterocycles. The van der Waals surface area contributed by atoms with Crippen molar-refractivity contribution in [3.05, 3.63) is 0 Å². The fourth-order valence-corrected chi connectivity index (χ4v) is 7.72. The predicted molar refractivity (Wildman–Crippen MR) is 113 cm³/mol. The third-order valence-corrected chi connectivity index (χ3v) is 9.25. The van der Waals surface area contributed by atoms with Gasteiger partial charge in [-0.15, -0.1) is 0 Å². The standard InChI is InChI=1S/C16H36O5P2S2/c1-5-9-13-17-22(24,18-14-10-6-2)21-23(25,19-15-11-7-3)20-16-12-8-4/h5-16H2,1-4H3. The largest absolute Gasteiger partial charge is 0.334 e. The van der Waals surface area contributed by atoms with Crippen molar-refractivity contribution >= 4 is 37.1 Å². The van der Waals surface area contributed by atoms with Crippen LogP contribution in [0.1, 0.15) is 79.1 Å². The average molecular weight is 435 g/mol. The van der Waals surface area contributed by atoms with Gasteiger partial charge in [-0.25, -0.2) is 4.31 Å². The lowest BCUT2D eigenvalue weighted by molar-refractivity contribution is 0.158. The van der Waals surface area contributed by atoms with Gasteiger partial charge >= 0.3 is 13.4 Å². The van der Waals surface area contributed by atoms with Crippen molar-refractivity contribution in [3.8, 4) is 0 Å². The van der Waals surface area contributed by atoms with Gasteiger partial charge in [0.25, 0.3) is 0 Å². The molecule has 0 aliphatic heterocycles. The first-order chi connectivity index (χ1) is 11.9. The topological polar surface area (TPSA) is 46.2 Å². The zero-order valence-corrected chi connectivity index (χ0v) is 19.7. The van der Waals surface area contributed by atoms with Gasteiger partial charge in [0.05, 0.1) is 26.4 Å². The summed E-state index contributed by atoms with van der Waals surface area (Å²) in [7, 11) is 0. The molecule has 0 aromatic carbocycles. The van der Waals surface area contributed by atoms with E-state index in [4.69, 9.17) is 46.0 Å². The summed E-state index contributed by atoms with van der Waals surface area (Å²) < 4.78 is 29.2. The van der Waals surface area contributed by atoms with Crippen LogP contribution in [0.15, 0.2) is 0 Å². The molecule has 0 fully saturated rings. The Morgan fingerprint density at radius 3 is 0.960 bits per heavy atom. The highest BCUT2D eigenvalue weighted by Crippen LogP contribution is 2.66. The summed E-state index contributed by atoms with van der Waals surface area (Å²) in [5, 5.41) is 0. The van der Waals surface area contributed by atoms with Crippen LogP contribution in [0, 0.1) is 0 Å². The molecule has 25 heavy (non-hydrogen) atoms. The van der Waals surface area contributed by atoms with Crippen LogP contribution in [-0.4, -0.2) is 26.4 Å². The van der Waals surface area contributed by atoms with Gasteiger partial charge in [-0.05, 0) is 49.3 Å². The number of unbranched alkanes of at least 4 members (excludes halogenated alkanes) is 4. The van der Waals surface area contributed by atoms with E-state index in [1.54, 1.807) is 0 Å². The van der Waals surface area contributed by atoms with Crippen LogP contribution in [0.2, 0.25) is 0 Å². The SMILES string of the molecule is CCCCOP(=S)(OCCCC)OP(=S)(OCCCC)OCCCC. The molecule has 0 unspecified atom stereocenters. The van der Waals surface area contributed by atoms with E-state index in [-0.39, 0.29) is 0 Å². The Labute approximate surface area is 165 Å². The van der Waals surface area contributed by atoms with Gasteiger partial charge in [0.2, 0.25) is 0 Å². The van der Waals surface area contributed by atoms with E-state index in [1.807, 2.05) is 0 Å². The van der Waals surface area contributed by atoms with Gasteiger partial charge in [-0.2, -0.15) is 0 Å². The van der Waals surface area contributed by atoms with E-state index in [0.29, 0.717) is 26.4 Å². The molecular formula is C16H36O5P2S2. The van der Waals surface area contributed by atoms with E-state index >= 15 is 0 Å². The molecule has 0 aliphatic rings.